The molecule has 0 radical (unpaired) electrons. The van der Waals surface area contributed by atoms with E-state index in [1.165, 1.54) is 0 Å². The summed E-state index contributed by atoms with van der Waals surface area (Å²) in [6.45, 7) is 5.09. The second-order valence-corrected chi connectivity index (χ2v) is 3.93. The van der Waals surface area contributed by atoms with Crippen LogP contribution in [0.5, 0.6) is 0 Å². The Morgan fingerprint density at radius 1 is 1.50 bits per heavy atom. The van der Waals surface area contributed by atoms with Gasteiger partial charge in [-0.15, -0.1) is 0 Å². The Morgan fingerprint density at radius 3 is 2.79 bits per heavy atom. The van der Waals surface area contributed by atoms with Crippen LogP contribution in [0.25, 0.3) is 0 Å². The van der Waals surface area contributed by atoms with Crippen molar-refractivity contribution in [3.05, 3.63) is 0 Å². The smallest absolute Gasteiger partial charge is 0.317 e. The van der Waals surface area contributed by atoms with Gasteiger partial charge < -0.3 is 15.1 Å². The molecule has 14 heavy (non-hydrogen) atoms. The molecule has 1 aliphatic rings. The van der Waals surface area contributed by atoms with E-state index in [0.717, 1.165) is 32.5 Å². The molecular weight excluding hydrogens is 178 g/mol. The zero-order chi connectivity index (χ0) is 10.6. The van der Waals surface area contributed by atoms with Crippen LogP contribution in [0.4, 0.5) is 4.79 Å². The minimum Gasteiger partial charge on any atom is -0.341 e. The van der Waals surface area contributed by atoms with Crippen molar-refractivity contribution in [2.75, 3.05) is 33.7 Å². The highest BCUT2D eigenvalue weighted by atomic mass is 16.2. The van der Waals surface area contributed by atoms with Crippen LogP contribution in [0.3, 0.4) is 0 Å². The first-order valence-electron chi connectivity index (χ1n) is 5.36. The fourth-order valence-corrected chi connectivity index (χ4v) is 2.00. The number of amides is 2. The van der Waals surface area contributed by atoms with E-state index in [2.05, 4.69) is 24.2 Å². The van der Waals surface area contributed by atoms with Crippen molar-refractivity contribution in [3.63, 3.8) is 0 Å². The first kappa shape index (κ1) is 11.3. The molecule has 1 N–H and O–H groups in total. The van der Waals surface area contributed by atoms with E-state index < -0.39 is 0 Å². The molecule has 0 aromatic heterocycles. The lowest BCUT2D eigenvalue weighted by molar-refractivity contribution is 0.171. The van der Waals surface area contributed by atoms with E-state index in [0.29, 0.717) is 6.04 Å². The van der Waals surface area contributed by atoms with Gasteiger partial charge in [-0.25, -0.2) is 4.79 Å². The Kier molecular flexibility index (Phi) is 4.20. The molecule has 0 saturated carbocycles. The van der Waals surface area contributed by atoms with Gasteiger partial charge in [0.25, 0.3) is 0 Å². The maximum absolute atomic E-state index is 11.6. The number of hydrogen-bond donors (Lipinski definition) is 1. The maximum Gasteiger partial charge on any atom is 0.317 e. The number of rotatable bonds is 1. The van der Waals surface area contributed by atoms with Gasteiger partial charge in [-0.05, 0) is 26.4 Å². The third kappa shape index (κ3) is 2.61. The molecule has 0 aliphatic carbocycles. The molecule has 1 unspecified atom stereocenters. The van der Waals surface area contributed by atoms with Crippen molar-refractivity contribution < 1.29 is 4.79 Å². The fourth-order valence-electron chi connectivity index (χ4n) is 2.00. The van der Waals surface area contributed by atoms with E-state index >= 15 is 0 Å². The molecule has 2 amide bonds. The molecule has 1 fully saturated rings. The molecule has 1 saturated heterocycles. The minimum atomic E-state index is 0.0622. The van der Waals surface area contributed by atoms with Gasteiger partial charge in [-0.3, -0.25) is 0 Å². The molecule has 1 rings (SSSR count). The summed E-state index contributed by atoms with van der Waals surface area (Å²) in [7, 11) is 3.82. The standard InChI is InChI=1S/C10H21N3O/c1-4-9-8-12(3)6-5-7-13(9)10(14)11-2/h9H,4-8H2,1-3H3,(H,11,14). The SMILES string of the molecule is CCC1CN(C)CCCN1C(=O)NC. The molecule has 0 spiro atoms. The highest BCUT2D eigenvalue weighted by Crippen LogP contribution is 2.11. The average molecular weight is 199 g/mol. The number of nitrogens with one attached hydrogen (secondary N) is 1. The summed E-state index contributed by atoms with van der Waals surface area (Å²) >= 11 is 0. The Balaban J connectivity index is 2.65. The minimum absolute atomic E-state index is 0.0622. The van der Waals surface area contributed by atoms with Gasteiger partial charge >= 0.3 is 6.03 Å². The number of carbonyl (C=O) groups is 1. The third-order valence-electron chi connectivity index (χ3n) is 2.85. The molecule has 1 aliphatic heterocycles. The van der Waals surface area contributed by atoms with Crippen LogP contribution in [0.2, 0.25) is 0 Å². The van der Waals surface area contributed by atoms with Crippen LogP contribution in [0.15, 0.2) is 0 Å². The molecular formula is C10H21N3O. The first-order valence-corrected chi connectivity index (χ1v) is 5.36. The second kappa shape index (κ2) is 5.20. The summed E-state index contributed by atoms with van der Waals surface area (Å²) in [5.74, 6) is 0. The van der Waals surface area contributed by atoms with Crippen LogP contribution in [-0.2, 0) is 0 Å². The van der Waals surface area contributed by atoms with Crippen molar-refractivity contribution in [2.24, 2.45) is 0 Å². The quantitative estimate of drug-likeness (QED) is 0.676. The summed E-state index contributed by atoms with van der Waals surface area (Å²) in [6, 6.07) is 0.426. The van der Waals surface area contributed by atoms with Gasteiger partial charge in [0.15, 0.2) is 0 Å². The van der Waals surface area contributed by atoms with E-state index in [1.54, 1.807) is 7.05 Å². The Labute approximate surface area is 86.2 Å². The normalized spacial score (nSPS) is 24.5. The predicted molar refractivity (Wildman–Crippen MR) is 57.4 cm³/mol. The van der Waals surface area contributed by atoms with E-state index in [-0.39, 0.29) is 6.03 Å². The molecule has 0 bridgehead atoms. The zero-order valence-electron chi connectivity index (χ0n) is 9.42. The fraction of sp³-hybridized carbons (Fsp3) is 0.900. The summed E-state index contributed by atoms with van der Waals surface area (Å²) in [5, 5.41) is 2.71. The third-order valence-corrected chi connectivity index (χ3v) is 2.85. The Morgan fingerprint density at radius 2 is 2.21 bits per heavy atom. The van der Waals surface area contributed by atoms with Gasteiger partial charge in [0.2, 0.25) is 0 Å². The monoisotopic (exact) mass is 199 g/mol. The Bertz CT molecular complexity index is 196. The molecule has 0 aromatic rings. The topological polar surface area (TPSA) is 35.6 Å². The van der Waals surface area contributed by atoms with Gasteiger partial charge in [-0.2, -0.15) is 0 Å². The van der Waals surface area contributed by atoms with Crippen molar-refractivity contribution >= 4 is 6.03 Å². The molecule has 1 atom stereocenters. The average Bonchev–Trinajstić information content (AvgIpc) is 2.38. The summed E-state index contributed by atoms with van der Waals surface area (Å²) in [6.07, 6.45) is 2.10. The van der Waals surface area contributed by atoms with Gasteiger partial charge in [0.1, 0.15) is 0 Å². The summed E-state index contributed by atoms with van der Waals surface area (Å²) in [4.78, 5) is 15.9. The summed E-state index contributed by atoms with van der Waals surface area (Å²) < 4.78 is 0. The van der Waals surface area contributed by atoms with Crippen LogP contribution >= 0.6 is 0 Å². The van der Waals surface area contributed by atoms with E-state index in [1.807, 2.05) is 4.90 Å². The predicted octanol–water partition coefficient (Wildman–Crippen LogP) is 0.742. The van der Waals surface area contributed by atoms with E-state index in [4.69, 9.17) is 0 Å². The van der Waals surface area contributed by atoms with Gasteiger partial charge in [0.05, 0.1) is 0 Å². The highest BCUT2D eigenvalue weighted by Gasteiger charge is 2.24. The van der Waals surface area contributed by atoms with Crippen molar-refractivity contribution in [3.8, 4) is 0 Å². The maximum atomic E-state index is 11.6. The van der Waals surface area contributed by atoms with Crippen LogP contribution in [-0.4, -0.2) is 55.6 Å². The lowest BCUT2D eigenvalue weighted by Gasteiger charge is -2.29. The molecule has 4 nitrogen and oxygen atoms in total. The summed E-state index contributed by atoms with van der Waals surface area (Å²) in [5.41, 5.74) is 0. The van der Waals surface area contributed by atoms with Gasteiger partial charge in [-0.1, -0.05) is 6.92 Å². The Hall–Kier alpha value is -0.770. The van der Waals surface area contributed by atoms with Crippen LogP contribution in [0.1, 0.15) is 19.8 Å². The zero-order valence-corrected chi connectivity index (χ0v) is 9.42. The van der Waals surface area contributed by atoms with Crippen LogP contribution in [0, 0.1) is 0 Å². The highest BCUT2D eigenvalue weighted by molar-refractivity contribution is 5.74. The van der Waals surface area contributed by atoms with Crippen molar-refractivity contribution in [1.82, 2.24) is 15.1 Å². The lowest BCUT2D eigenvalue weighted by Crippen LogP contribution is -2.47. The molecule has 1 heterocycles. The van der Waals surface area contributed by atoms with Gasteiger partial charge in [0, 0.05) is 26.2 Å². The number of likely N-dealkylation sites (N-methyl/N-ethyl adjacent to an activating group) is 1. The number of urea groups is 1. The molecule has 4 heteroatoms. The lowest BCUT2D eigenvalue weighted by atomic mass is 10.2. The van der Waals surface area contributed by atoms with Crippen molar-refractivity contribution in [1.29, 1.82) is 0 Å². The van der Waals surface area contributed by atoms with Crippen LogP contribution < -0.4 is 5.32 Å². The molecule has 82 valence electrons. The first-order chi connectivity index (χ1) is 6.69. The van der Waals surface area contributed by atoms with Crippen molar-refractivity contribution in [2.45, 2.75) is 25.8 Å². The number of hydrogen-bond acceptors (Lipinski definition) is 2. The molecule has 0 aromatic carbocycles. The number of carbonyl (C=O) groups excluding carboxylic acids is 1. The largest absolute Gasteiger partial charge is 0.341 e. The second-order valence-electron chi connectivity index (χ2n) is 3.93. The number of nitrogens with zero attached hydrogens (tertiary/aromatic N) is 2. The van der Waals surface area contributed by atoms with E-state index in [9.17, 15) is 4.79 Å².